The Bertz CT molecular complexity index is 337. The van der Waals surface area contributed by atoms with Gasteiger partial charge in [-0.05, 0) is 31.0 Å². The highest BCUT2D eigenvalue weighted by Gasteiger charge is 2.07. The highest BCUT2D eigenvalue weighted by atomic mass is 35.5. The van der Waals surface area contributed by atoms with E-state index in [1.165, 1.54) is 0 Å². The number of benzene rings is 1. The van der Waals surface area contributed by atoms with Crippen molar-refractivity contribution in [2.75, 3.05) is 0 Å². The molecule has 0 radical (unpaired) electrons. The van der Waals surface area contributed by atoms with E-state index in [1.807, 2.05) is 26.0 Å². The summed E-state index contributed by atoms with van der Waals surface area (Å²) >= 11 is 0. The van der Waals surface area contributed by atoms with Gasteiger partial charge in [-0.3, -0.25) is 4.79 Å². The van der Waals surface area contributed by atoms with Crippen LogP contribution in [0.1, 0.15) is 34.5 Å². The normalized spacial score (nSPS) is 11.6. The van der Waals surface area contributed by atoms with Crippen LogP contribution in [0.5, 0.6) is 0 Å². The second kappa shape index (κ2) is 4.98. The maximum absolute atomic E-state index is 11.0. The van der Waals surface area contributed by atoms with Crippen molar-refractivity contribution in [3.63, 3.8) is 0 Å². The summed E-state index contributed by atoms with van der Waals surface area (Å²) in [7, 11) is 0. The number of aryl methyl sites for hydroxylation is 1. The molecule has 0 saturated heterocycles. The molecule has 4 heteroatoms. The Balaban J connectivity index is 0.00000169. The van der Waals surface area contributed by atoms with E-state index < -0.39 is 5.91 Å². The Labute approximate surface area is 89.9 Å². The van der Waals surface area contributed by atoms with E-state index in [1.54, 1.807) is 6.07 Å². The maximum Gasteiger partial charge on any atom is 0.248 e. The van der Waals surface area contributed by atoms with Crippen molar-refractivity contribution < 1.29 is 4.79 Å². The van der Waals surface area contributed by atoms with Gasteiger partial charge < -0.3 is 11.5 Å². The first kappa shape index (κ1) is 12.9. The summed E-state index contributed by atoms with van der Waals surface area (Å²) in [6.07, 6.45) is 0. The van der Waals surface area contributed by atoms with Gasteiger partial charge in [0.2, 0.25) is 5.91 Å². The first-order valence-electron chi connectivity index (χ1n) is 4.18. The average molecular weight is 215 g/mol. The summed E-state index contributed by atoms with van der Waals surface area (Å²) < 4.78 is 0. The van der Waals surface area contributed by atoms with E-state index in [0.29, 0.717) is 5.56 Å². The Morgan fingerprint density at radius 1 is 1.43 bits per heavy atom. The van der Waals surface area contributed by atoms with Crippen LogP contribution in [0.15, 0.2) is 18.2 Å². The minimum absolute atomic E-state index is 0. The van der Waals surface area contributed by atoms with Crippen LogP contribution in [0.4, 0.5) is 0 Å². The second-order valence-corrected chi connectivity index (χ2v) is 3.23. The molecule has 0 aliphatic carbocycles. The number of rotatable bonds is 2. The van der Waals surface area contributed by atoms with Crippen LogP contribution in [-0.4, -0.2) is 5.91 Å². The van der Waals surface area contributed by atoms with Crippen molar-refractivity contribution in [2.45, 2.75) is 19.9 Å². The monoisotopic (exact) mass is 214 g/mol. The number of amides is 1. The Morgan fingerprint density at radius 3 is 2.43 bits per heavy atom. The zero-order valence-electron chi connectivity index (χ0n) is 8.28. The van der Waals surface area contributed by atoms with E-state index >= 15 is 0 Å². The van der Waals surface area contributed by atoms with Crippen LogP contribution in [-0.2, 0) is 0 Å². The fourth-order valence-electron chi connectivity index (χ4n) is 1.19. The van der Waals surface area contributed by atoms with Crippen LogP contribution >= 0.6 is 12.4 Å². The molecule has 1 rings (SSSR count). The summed E-state index contributed by atoms with van der Waals surface area (Å²) in [6, 6.07) is 5.45. The van der Waals surface area contributed by atoms with E-state index in [0.717, 1.165) is 11.1 Å². The van der Waals surface area contributed by atoms with Gasteiger partial charge in [-0.2, -0.15) is 0 Å². The van der Waals surface area contributed by atoms with Crippen LogP contribution in [0.2, 0.25) is 0 Å². The number of carbonyl (C=O) groups excluding carboxylic acids is 1. The van der Waals surface area contributed by atoms with Gasteiger partial charge in [0, 0.05) is 11.6 Å². The molecule has 0 spiro atoms. The fourth-order valence-corrected chi connectivity index (χ4v) is 1.19. The molecule has 1 atom stereocenters. The number of carbonyl (C=O) groups is 1. The minimum Gasteiger partial charge on any atom is -0.366 e. The highest BCUT2D eigenvalue weighted by Crippen LogP contribution is 2.15. The molecule has 0 bridgehead atoms. The summed E-state index contributed by atoms with van der Waals surface area (Å²) in [5, 5.41) is 0. The quantitative estimate of drug-likeness (QED) is 0.784. The maximum atomic E-state index is 11.0. The van der Waals surface area contributed by atoms with Crippen molar-refractivity contribution in [3.8, 4) is 0 Å². The first-order chi connectivity index (χ1) is 6.02. The van der Waals surface area contributed by atoms with Crippen LogP contribution in [0.3, 0.4) is 0 Å². The Kier molecular flexibility index (Phi) is 4.60. The summed E-state index contributed by atoms with van der Waals surface area (Å²) in [5.74, 6) is -0.403. The molecule has 0 fully saturated rings. The number of nitrogens with two attached hydrogens (primary N) is 2. The van der Waals surface area contributed by atoms with Gasteiger partial charge in [0.25, 0.3) is 0 Å². The van der Waals surface area contributed by atoms with E-state index in [-0.39, 0.29) is 18.4 Å². The molecule has 0 aliphatic rings. The molecule has 0 unspecified atom stereocenters. The molecular weight excluding hydrogens is 200 g/mol. The zero-order chi connectivity index (χ0) is 10.0. The van der Waals surface area contributed by atoms with Crippen LogP contribution in [0, 0.1) is 6.92 Å². The van der Waals surface area contributed by atoms with Crippen molar-refractivity contribution in [1.82, 2.24) is 0 Å². The third kappa shape index (κ3) is 2.72. The number of hydrogen-bond donors (Lipinski definition) is 2. The number of hydrogen-bond acceptors (Lipinski definition) is 2. The van der Waals surface area contributed by atoms with Gasteiger partial charge >= 0.3 is 0 Å². The molecule has 0 saturated carbocycles. The minimum atomic E-state index is -0.403. The topological polar surface area (TPSA) is 69.1 Å². The van der Waals surface area contributed by atoms with Gasteiger partial charge in [0.15, 0.2) is 0 Å². The summed E-state index contributed by atoms with van der Waals surface area (Å²) in [4.78, 5) is 11.0. The molecule has 0 heterocycles. The number of halogens is 1. The predicted molar refractivity (Wildman–Crippen MR) is 59.5 cm³/mol. The third-order valence-electron chi connectivity index (χ3n) is 2.05. The summed E-state index contributed by atoms with van der Waals surface area (Å²) in [6.45, 7) is 3.72. The third-order valence-corrected chi connectivity index (χ3v) is 2.05. The standard InChI is InChI=1S/C10H14N2O.ClH/c1-6-3-4-8(7(2)11)5-9(6)10(12)13;/h3-5,7H,11H2,1-2H3,(H2,12,13);1H/t7-;/m0./s1. The lowest BCUT2D eigenvalue weighted by molar-refractivity contribution is 0.0999. The SMILES string of the molecule is Cc1ccc([C@H](C)N)cc1C(N)=O.Cl. The lowest BCUT2D eigenvalue weighted by Gasteiger charge is -2.08. The van der Waals surface area contributed by atoms with Gasteiger partial charge in [-0.15, -0.1) is 12.4 Å². The average Bonchev–Trinajstić information content (AvgIpc) is 2.04. The van der Waals surface area contributed by atoms with Gasteiger partial charge in [-0.1, -0.05) is 12.1 Å². The lowest BCUT2D eigenvalue weighted by atomic mass is 10.0. The van der Waals surface area contributed by atoms with Crippen molar-refractivity contribution in [1.29, 1.82) is 0 Å². The van der Waals surface area contributed by atoms with Crippen molar-refractivity contribution in [3.05, 3.63) is 34.9 Å². The first-order valence-corrected chi connectivity index (χ1v) is 4.18. The molecular formula is C10H15ClN2O. The van der Waals surface area contributed by atoms with Crippen molar-refractivity contribution >= 4 is 18.3 Å². The molecule has 3 nitrogen and oxygen atoms in total. The lowest BCUT2D eigenvalue weighted by Crippen LogP contribution is -2.14. The molecule has 1 aromatic carbocycles. The van der Waals surface area contributed by atoms with Crippen LogP contribution in [0.25, 0.3) is 0 Å². The molecule has 1 amide bonds. The molecule has 4 N–H and O–H groups in total. The second-order valence-electron chi connectivity index (χ2n) is 3.23. The van der Waals surface area contributed by atoms with Gasteiger partial charge in [0.05, 0.1) is 0 Å². The van der Waals surface area contributed by atoms with Crippen LogP contribution < -0.4 is 11.5 Å². The highest BCUT2D eigenvalue weighted by molar-refractivity contribution is 5.94. The van der Waals surface area contributed by atoms with Gasteiger partial charge in [-0.25, -0.2) is 0 Å². The van der Waals surface area contributed by atoms with E-state index in [9.17, 15) is 4.79 Å². The van der Waals surface area contributed by atoms with Crippen molar-refractivity contribution in [2.24, 2.45) is 11.5 Å². The van der Waals surface area contributed by atoms with E-state index in [4.69, 9.17) is 11.5 Å². The van der Waals surface area contributed by atoms with Gasteiger partial charge in [0.1, 0.15) is 0 Å². The largest absolute Gasteiger partial charge is 0.366 e. The smallest absolute Gasteiger partial charge is 0.248 e. The molecule has 78 valence electrons. The molecule has 14 heavy (non-hydrogen) atoms. The predicted octanol–water partition coefficient (Wildman–Crippen LogP) is 1.54. The molecule has 1 aromatic rings. The summed E-state index contributed by atoms with van der Waals surface area (Å²) in [5.41, 5.74) is 13.3. The molecule has 0 aromatic heterocycles. The fraction of sp³-hybridized carbons (Fsp3) is 0.300. The Hall–Kier alpha value is -1.06. The zero-order valence-corrected chi connectivity index (χ0v) is 9.10. The van der Waals surface area contributed by atoms with E-state index in [2.05, 4.69) is 0 Å². The molecule has 0 aliphatic heterocycles. The Morgan fingerprint density at radius 2 is 2.00 bits per heavy atom. The number of primary amides is 1.